The fraction of sp³-hybridized carbons (Fsp3) is 0.294. The summed E-state index contributed by atoms with van der Waals surface area (Å²) >= 11 is 0. The quantitative estimate of drug-likeness (QED) is 0.742. The van der Waals surface area contributed by atoms with Crippen LogP contribution in [0, 0.1) is 0 Å². The van der Waals surface area contributed by atoms with Crippen LogP contribution in [0.5, 0.6) is 11.5 Å². The van der Waals surface area contributed by atoms with Crippen molar-refractivity contribution in [2.24, 2.45) is 7.05 Å². The summed E-state index contributed by atoms with van der Waals surface area (Å²) in [4.78, 5) is 34.9. The summed E-state index contributed by atoms with van der Waals surface area (Å²) in [6.07, 6.45) is -0.338. The van der Waals surface area contributed by atoms with E-state index in [4.69, 9.17) is 14.2 Å². The highest BCUT2D eigenvalue weighted by Crippen LogP contribution is 2.30. The fourth-order valence-electron chi connectivity index (χ4n) is 2.26. The van der Waals surface area contributed by atoms with Gasteiger partial charge in [0.05, 0.1) is 6.54 Å². The van der Waals surface area contributed by atoms with Gasteiger partial charge < -0.3 is 19.5 Å². The van der Waals surface area contributed by atoms with Gasteiger partial charge in [-0.25, -0.2) is 9.48 Å². The third-order valence-electron chi connectivity index (χ3n) is 3.60. The number of esters is 1. The Hall–Kier alpha value is -3.36. The largest absolute Gasteiger partial charge is 0.486 e. The summed E-state index contributed by atoms with van der Waals surface area (Å²) in [5.41, 5.74) is -0.406. The van der Waals surface area contributed by atoms with Crippen LogP contribution in [-0.2, 0) is 16.6 Å². The van der Waals surface area contributed by atoms with E-state index < -0.39 is 18.5 Å². The first-order valence-electron chi connectivity index (χ1n) is 7.89. The summed E-state index contributed by atoms with van der Waals surface area (Å²) in [6.45, 7) is 0.0510. The summed E-state index contributed by atoms with van der Waals surface area (Å²) in [6, 6.07) is 9.70. The van der Waals surface area contributed by atoms with Crippen molar-refractivity contribution in [1.82, 2.24) is 15.1 Å². The number of fused-ring (bicyclic) bond motifs is 1. The van der Waals surface area contributed by atoms with E-state index in [0.29, 0.717) is 18.1 Å². The molecule has 2 aromatic rings. The highest BCUT2D eigenvalue weighted by Gasteiger charge is 2.21. The molecule has 26 heavy (non-hydrogen) atoms. The molecular weight excluding hydrogens is 342 g/mol. The van der Waals surface area contributed by atoms with E-state index >= 15 is 0 Å². The van der Waals surface area contributed by atoms with Crippen LogP contribution in [0.2, 0.25) is 0 Å². The van der Waals surface area contributed by atoms with Crippen molar-refractivity contribution < 1.29 is 23.8 Å². The van der Waals surface area contributed by atoms with Crippen LogP contribution < -0.4 is 20.3 Å². The van der Waals surface area contributed by atoms with Gasteiger partial charge in [-0.2, -0.15) is 5.10 Å². The molecule has 1 aliphatic rings. The number of benzene rings is 1. The van der Waals surface area contributed by atoms with Crippen molar-refractivity contribution in [2.75, 3.05) is 19.8 Å². The molecule has 9 nitrogen and oxygen atoms in total. The number of nitrogens with zero attached hydrogens (tertiary/aromatic N) is 2. The van der Waals surface area contributed by atoms with Gasteiger partial charge in [0.15, 0.2) is 23.8 Å². The second-order valence-electron chi connectivity index (χ2n) is 5.56. The molecule has 136 valence electrons. The van der Waals surface area contributed by atoms with Gasteiger partial charge >= 0.3 is 5.97 Å². The minimum Gasteiger partial charge on any atom is -0.486 e. The summed E-state index contributed by atoms with van der Waals surface area (Å²) in [7, 11) is 1.41. The lowest BCUT2D eigenvalue weighted by Crippen LogP contribution is -2.42. The van der Waals surface area contributed by atoms with Gasteiger partial charge in [-0.05, 0) is 18.2 Å². The Morgan fingerprint density at radius 3 is 2.81 bits per heavy atom. The molecule has 2 heterocycles. The Bertz CT molecular complexity index is 879. The average molecular weight is 359 g/mol. The number of hydrogen-bond acceptors (Lipinski definition) is 7. The molecular formula is C17H17N3O6. The third kappa shape index (κ3) is 4.18. The van der Waals surface area contributed by atoms with Crippen LogP contribution in [0.15, 0.2) is 41.2 Å². The molecule has 1 amide bonds. The first-order chi connectivity index (χ1) is 12.5. The van der Waals surface area contributed by atoms with Crippen LogP contribution in [0.3, 0.4) is 0 Å². The number of rotatable bonds is 5. The molecule has 0 saturated carbocycles. The van der Waals surface area contributed by atoms with Crippen molar-refractivity contribution in [2.45, 2.75) is 6.10 Å². The lowest BCUT2D eigenvalue weighted by atomic mass is 10.2. The first kappa shape index (κ1) is 17.5. The van der Waals surface area contributed by atoms with Crippen molar-refractivity contribution in [1.29, 1.82) is 0 Å². The number of carbonyl (C=O) groups is 2. The van der Waals surface area contributed by atoms with Crippen LogP contribution >= 0.6 is 0 Å². The van der Waals surface area contributed by atoms with Gasteiger partial charge in [0.1, 0.15) is 12.7 Å². The molecule has 0 spiro atoms. The molecule has 3 rings (SSSR count). The minimum absolute atomic E-state index is 0.0551. The van der Waals surface area contributed by atoms with Gasteiger partial charge in [-0.1, -0.05) is 12.1 Å². The van der Waals surface area contributed by atoms with Crippen LogP contribution in [0.25, 0.3) is 0 Å². The van der Waals surface area contributed by atoms with Gasteiger partial charge in [0, 0.05) is 13.1 Å². The second-order valence-corrected chi connectivity index (χ2v) is 5.56. The molecule has 1 aliphatic heterocycles. The fourth-order valence-corrected chi connectivity index (χ4v) is 2.26. The molecule has 0 saturated heterocycles. The minimum atomic E-state index is -0.790. The van der Waals surface area contributed by atoms with Gasteiger partial charge in [-0.3, -0.25) is 9.59 Å². The SMILES string of the molecule is Cn1nc(C(=O)OCC(=O)NCC2COc3ccccc3O2)ccc1=O. The smallest absolute Gasteiger partial charge is 0.359 e. The van der Waals surface area contributed by atoms with E-state index in [-0.39, 0.29) is 23.9 Å². The Morgan fingerprint density at radius 1 is 1.27 bits per heavy atom. The molecule has 1 aromatic heterocycles. The Kier molecular flexibility index (Phi) is 5.16. The summed E-state index contributed by atoms with van der Waals surface area (Å²) in [5, 5.41) is 6.37. The zero-order valence-corrected chi connectivity index (χ0v) is 14.0. The summed E-state index contributed by atoms with van der Waals surface area (Å²) < 4.78 is 17.1. The number of hydrogen-bond donors (Lipinski definition) is 1. The maximum atomic E-state index is 11.8. The van der Waals surface area contributed by atoms with E-state index in [1.54, 1.807) is 12.1 Å². The lowest BCUT2D eigenvalue weighted by molar-refractivity contribution is -0.124. The highest BCUT2D eigenvalue weighted by atomic mass is 16.6. The zero-order chi connectivity index (χ0) is 18.5. The normalized spacial score (nSPS) is 15.2. The Balaban J connectivity index is 1.44. The Labute approximate surface area is 148 Å². The third-order valence-corrected chi connectivity index (χ3v) is 3.60. The number of aryl methyl sites for hydroxylation is 1. The number of ether oxygens (including phenoxy) is 3. The molecule has 0 radical (unpaired) electrons. The van der Waals surface area contributed by atoms with E-state index in [9.17, 15) is 14.4 Å². The number of amides is 1. The van der Waals surface area contributed by atoms with Crippen molar-refractivity contribution in [3.8, 4) is 11.5 Å². The number of para-hydroxylation sites is 2. The standard InChI is InChI=1S/C17H17N3O6/c1-20-16(22)7-6-12(19-20)17(23)25-10-15(21)18-8-11-9-24-13-4-2-3-5-14(13)26-11/h2-7,11H,8-10H2,1H3,(H,18,21). The first-order valence-corrected chi connectivity index (χ1v) is 7.89. The number of nitrogens with one attached hydrogen (secondary N) is 1. The van der Waals surface area contributed by atoms with Gasteiger partial charge in [0.2, 0.25) is 0 Å². The van der Waals surface area contributed by atoms with E-state index in [2.05, 4.69) is 10.4 Å². The van der Waals surface area contributed by atoms with E-state index in [1.807, 2.05) is 12.1 Å². The van der Waals surface area contributed by atoms with Crippen molar-refractivity contribution in [3.63, 3.8) is 0 Å². The monoisotopic (exact) mass is 359 g/mol. The molecule has 1 atom stereocenters. The molecule has 9 heteroatoms. The van der Waals surface area contributed by atoms with E-state index in [1.165, 1.54) is 19.2 Å². The second kappa shape index (κ2) is 7.68. The number of aromatic nitrogens is 2. The Morgan fingerprint density at radius 2 is 2.04 bits per heavy atom. The van der Waals surface area contributed by atoms with Crippen molar-refractivity contribution in [3.05, 3.63) is 52.4 Å². The highest BCUT2D eigenvalue weighted by molar-refractivity contribution is 5.89. The predicted octanol–water partition coefficient (Wildman–Crippen LogP) is -0.107. The maximum Gasteiger partial charge on any atom is 0.359 e. The van der Waals surface area contributed by atoms with E-state index in [0.717, 1.165) is 4.68 Å². The van der Waals surface area contributed by atoms with Crippen LogP contribution in [-0.4, -0.2) is 47.5 Å². The molecule has 1 N–H and O–H groups in total. The molecule has 1 aromatic carbocycles. The zero-order valence-electron chi connectivity index (χ0n) is 14.0. The average Bonchev–Trinajstić information content (AvgIpc) is 2.66. The number of carbonyl (C=O) groups excluding carboxylic acids is 2. The molecule has 0 fully saturated rings. The van der Waals surface area contributed by atoms with Crippen molar-refractivity contribution >= 4 is 11.9 Å². The molecule has 1 unspecified atom stereocenters. The lowest BCUT2D eigenvalue weighted by Gasteiger charge is -2.26. The van der Waals surface area contributed by atoms with Crippen LogP contribution in [0.1, 0.15) is 10.5 Å². The predicted molar refractivity (Wildman–Crippen MR) is 89.1 cm³/mol. The molecule has 0 bridgehead atoms. The van der Waals surface area contributed by atoms with Crippen LogP contribution in [0.4, 0.5) is 0 Å². The molecule has 0 aliphatic carbocycles. The van der Waals surface area contributed by atoms with Gasteiger partial charge in [0.25, 0.3) is 11.5 Å². The summed E-state index contributed by atoms with van der Waals surface area (Å²) in [5.74, 6) is 0.00603. The van der Waals surface area contributed by atoms with Gasteiger partial charge in [-0.15, -0.1) is 0 Å². The topological polar surface area (TPSA) is 109 Å². The maximum absolute atomic E-state index is 11.8.